The summed E-state index contributed by atoms with van der Waals surface area (Å²) in [4.78, 5) is 2.51. The van der Waals surface area contributed by atoms with Crippen LogP contribution in [-0.2, 0) is 0 Å². The van der Waals surface area contributed by atoms with Crippen molar-refractivity contribution in [3.05, 3.63) is 22.4 Å². The van der Waals surface area contributed by atoms with Crippen LogP contribution < -0.4 is 5.32 Å². The summed E-state index contributed by atoms with van der Waals surface area (Å²) < 4.78 is 0. The highest BCUT2D eigenvalue weighted by Crippen LogP contribution is 2.22. The Balaban J connectivity index is 2.69. The van der Waals surface area contributed by atoms with Crippen LogP contribution in [0, 0.1) is 0 Å². The summed E-state index contributed by atoms with van der Waals surface area (Å²) in [6.45, 7) is 12.1. The summed E-state index contributed by atoms with van der Waals surface area (Å²) in [6, 6.07) is 3.32. The number of hydrogen-bond acceptors (Lipinski definition) is 3. The van der Waals surface area contributed by atoms with Crippen molar-refractivity contribution in [2.24, 2.45) is 0 Å². The van der Waals surface area contributed by atoms with Crippen molar-refractivity contribution < 1.29 is 0 Å². The Morgan fingerprint density at radius 3 is 2.44 bits per heavy atom. The number of nitrogens with one attached hydrogen (secondary N) is 1. The van der Waals surface area contributed by atoms with Crippen LogP contribution >= 0.6 is 11.3 Å². The van der Waals surface area contributed by atoms with Gasteiger partial charge in [0.15, 0.2) is 0 Å². The van der Waals surface area contributed by atoms with E-state index in [1.165, 1.54) is 5.56 Å². The fourth-order valence-corrected chi connectivity index (χ4v) is 2.64. The first kappa shape index (κ1) is 13.7. The molecule has 1 unspecified atom stereocenters. The molecular formula is C13H24N2S. The first-order valence-electron chi connectivity index (χ1n) is 6.18. The van der Waals surface area contributed by atoms with E-state index in [0.29, 0.717) is 12.1 Å². The second kappa shape index (κ2) is 7.05. The SMILES string of the molecule is CCN(CC)C(CNC(C)C)c1ccsc1. The minimum absolute atomic E-state index is 0.517. The topological polar surface area (TPSA) is 15.3 Å². The van der Waals surface area contributed by atoms with Crippen LogP contribution in [0.4, 0.5) is 0 Å². The molecule has 0 aliphatic rings. The van der Waals surface area contributed by atoms with Crippen LogP contribution in [0.15, 0.2) is 16.8 Å². The van der Waals surface area contributed by atoms with E-state index in [-0.39, 0.29) is 0 Å². The van der Waals surface area contributed by atoms with Crippen molar-refractivity contribution in [2.45, 2.75) is 39.8 Å². The van der Waals surface area contributed by atoms with Gasteiger partial charge in [0.2, 0.25) is 0 Å². The molecule has 3 heteroatoms. The molecule has 0 saturated carbocycles. The fraction of sp³-hybridized carbons (Fsp3) is 0.692. The predicted octanol–water partition coefficient (Wildman–Crippen LogP) is 3.13. The number of rotatable bonds is 7. The van der Waals surface area contributed by atoms with E-state index >= 15 is 0 Å². The third-order valence-electron chi connectivity index (χ3n) is 2.90. The Hall–Kier alpha value is -0.380. The van der Waals surface area contributed by atoms with Gasteiger partial charge in [-0.25, -0.2) is 0 Å². The normalized spacial score (nSPS) is 13.6. The van der Waals surface area contributed by atoms with E-state index in [1.54, 1.807) is 11.3 Å². The highest BCUT2D eigenvalue weighted by Gasteiger charge is 2.18. The predicted molar refractivity (Wildman–Crippen MR) is 73.1 cm³/mol. The van der Waals surface area contributed by atoms with E-state index in [4.69, 9.17) is 0 Å². The van der Waals surface area contributed by atoms with E-state index in [2.05, 4.69) is 54.7 Å². The van der Waals surface area contributed by atoms with Crippen molar-refractivity contribution in [3.8, 4) is 0 Å². The molecule has 1 aromatic rings. The first-order valence-corrected chi connectivity index (χ1v) is 7.12. The lowest BCUT2D eigenvalue weighted by molar-refractivity contribution is 0.210. The lowest BCUT2D eigenvalue weighted by Crippen LogP contribution is -2.37. The molecular weight excluding hydrogens is 216 g/mol. The second-order valence-corrected chi connectivity index (χ2v) is 5.14. The smallest absolute Gasteiger partial charge is 0.0480 e. The van der Waals surface area contributed by atoms with Gasteiger partial charge in [-0.1, -0.05) is 27.7 Å². The monoisotopic (exact) mass is 240 g/mol. The van der Waals surface area contributed by atoms with Crippen LogP contribution in [0.5, 0.6) is 0 Å². The van der Waals surface area contributed by atoms with Gasteiger partial charge in [-0.05, 0) is 35.5 Å². The minimum Gasteiger partial charge on any atom is -0.313 e. The van der Waals surface area contributed by atoms with Crippen LogP contribution in [0.3, 0.4) is 0 Å². The molecule has 16 heavy (non-hydrogen) atoms. The van der Waals surface area contributed by atoms with Crippen LogP contribution in [0.1, 0.15) is 39.3 Å². The van der Waals surface area contributed by atoms with Crippen molar-refractivity contribution >= 4 is 11.3 Å². The summed E-state index contributed by atoms with van der Waals surface area (Å²) in [5.74, 6) is 0. The highest BCUT2D eigenvalue weighted by molar-refractivity contribution is 7.07. The lowest BCUT2D eigenvalue weighted by atomic mass is 10.1. The third kappa shape index (κ3) is 3.89. The summed E-state index contributed by atoms with van der Waals surface area (Å²) >= 11 is 1.79. The molecule has 0 aromatic carbocycles. The number of nitrogens with zero attached hydrogens (tertiary/aromatic N) is 1. The van der Waals surface area contributed by atoms with Crippen molar-refractivity contribution in [3.63, 3.8) is 0 Å². The quantitative estimate of drug-likeness (QED) is 0.788. The van der Waals surface area contributed by atoms with Gasteiger partial charge in [0, 0.05) is 18.6 Å². The highest BCUT2D eigenvalue weighted by atomic mass is 32.1. The van der Waals surface area contributed by atoms with Gasteiger partial charge in [0.05, 0.1) is 0 Å². The van der Waals surface area contributed by atoms with E-state index in [0.717, 1.165) is 19.6 Å². The molecule has 1 aromatic heterocycles. The molecule has 0 spiro atoms. The van der Waals surface area contributed by atoms with E-state index in [9.17, 15) is 0 Å². The molecule has 0 radical (unpaired) electrons. The maximum atomic E-state index is 3.55. The lowest BCUT2D eigenvalue weighted by Gasteiger charge is -2.30. The Morgan fingerprint density at radius 2 is 2.00 bits per heavy atom. The number of thiophene rings is 1. The molecule has 2 nitrogen and oxygen atoms in total. The Morgan fingerprint density at radius 1 is 1.31 bits per heavy atom. The Bertz CT molecular complexity index is 265. The van der Waals surface area contributed by atoms with E-state index < -0.39 is 0 Å². The molecule has 1 heterocycles. The average molecular weight is 240 g/mol. The average Bonchev–Trinajstić information content (AvgIpc) is 2.77. The molecule has 1 atom stereocenters. The van der Waals surface area contributed by atoms with Crippen LogP contribution in [0.25, 0.3) is 0 Å². The summed E-state index contributed by atoms with van der Waals surface area (Å²) in [5.41, 5.74) is 1.45. The molecule has 0 aliphatic heterocycles. The molecule has 0 amide bonds. The zero-order valence-electron chi connectivity index (χ0n) is 10.9. The largest absolute Gasteiger partial charge is 0.313 e. The zero-order valence-corrected chi connectivity index (χ0v) is 11.7. The van der Waals surface area contributed by atoms with Crippen LogP contribution in [0.2, 0.25) is 0 Å². The van der Waals surface area contributed by atoms with Gasteiger partial charge in [-0.3, -0.25) is 4.90 Å². The summed E-state index contributed by atoms with van der Waals surface area (Å²) in [5, 5.41) is 7.98. The van der Waals surface area contributed by atoms with Crippen molar-refractivity contribution in [1.29, 1.82) is 0 Å². The van der Waals surface area contributed by atoms with Gasteiger partial charge >= 0.3 is 0 Å². The third-order valence-corrected chi connectivity index (χ3v) is 3.60. The number of likely N-dealkylation sites (N-methyl/N-ethyl adjacent to an activating group) is 1. The van der Waals surface area contributed by atoms with Gasteiger partial charge in [0.1, 0.15) is 0 Å². The Kier molecular flexibility index (Phi) is 6.03. The van der Waals surface area contributed by atoms with Gasteiger partial charge in [-0.15, -0.1) is 0 Å². The standard InChI is InChI=1S/C13H24N2S/c1-5-15(6-2)13(9-14-11(3)4)12-7-8-16-10-12/h7-8,10-11,13-14H,5-6,9H2,1-4H3. The molecule has 0 aliphatic carbocycles. The van der Waals surface area contributed by atoms with Gasteiger partial charge in [-0.2, -0.15) is 11.3 Å². The maximum Gasteiger partial charge on any atom is 0.0480 e. The van der Waals surface area contributed by atoms with Crippen molar-refractivity contribution in [2.75, 3.05) is 19.6 Å². The minimum atomic E-state index is 0.517. The zero-order chi connectivity index (χ0) is 12.0. The summed E-state index contributed by atoms with van der Waals surface area (Å²) in [6.07, 6.45) is 0. The molecule has 0 fully saturated rings. The molecule has 1 N–H and O–H groups in total. The van der Waals surface area contributed by atoms with Gasteiger partial charge < -0.3 is 5.32 Å². The first-order chi connectivity index (χ1) is 7.69. The Labute approximate surface area is 104 Å². The van der Waals surface area contributed by atoms with E-state index in [1.807, 2.05) is 0 Å². The second-order valence-electron chi connectivity index (χ2n) is 4.36. The maximum absolute atomic E-state index is 3.55. The van der Waals surface area contributed by atoms with Crippen molar-refractivity contribution in [1.82, 2.24) is 10.2 Å². The molecule has 1 rings (SSSR count). The van der Waals surface area contributed by atoms with Crippen LogP contribution in [-0.4, -0.2) is 30.6 Å². The molecule has 92 valence electrons. The number of hydrogen-bond donors (Lipinski definition) is 1. The molecule has 0 bridgehead atoms. The summed E-state index contributed by atoms with van der Waals surface area (Å²) in [7, 11) is 0. The fourth-order valence-electron chi connectivity index (χ4n) is 1.93. The van der Waals surface area contributed by atoms with Gasteiger partial charge in [0.25, 0.3) is 0 Å². The molecule has 0 saturated heterocycles.